The first-order chi connectivity index (χ1) is 9.28. The molecule has 1 unspecified atom stereocenters. The lowest BCUT2D eigenvalue weighted by molar-refractivity contribution is -0.123. The molecule has 1 aliphatic rings. The molecule has 4 nitrogen and oxygen atoms in total. The first-order valence-electron chi connectivity index (χ1n) is 6.65. The predicted octanol–water partition coefficient (Wildman–Crippen LogP) is 2.93. The summed E-state index contributed by atoms with van der Waals surface area (Å²) in [5.74, 6) is -0.877. The second kappa shape index (κ2) is 5.23. The molecule has 1 aromatic carbocycles. The summed E-state index contributed by atoms with van der Waals surface area (Å²) < 4.78 is 12.9. The van der Waals surface area contributed by atoms with Gasteiger partial charge in [-0.05, 0) is 36.1 Å². The molecule has 2 rings (SSSR count). The van der Waals surface area contributed by atoms with Crippen LogP contribution >= 0.6 is 0 Å². The van der Waals surface area contributed by atoms with Crippen molar-refractivity contribution in [3.63, 3.8) is 0 Å². The van der Waals surface area contributed by atoms with Gasteiger partial charge in [-0.2, -0.15) is 0 Å². The topological polar surface area (TPSA) is 49.4 Å². The largest absolute Gasteiger partial charge is 0.337 e. The number of hydrogen-bond donors (Lipinski definition) is 1. The molecular formula is C15H19FN2O2. The molecule has 1 N–H and O–H groups in total. The minimum Gasteiger partial charge on any atom is -0.337 e. The van der Waals surface area contributed by atoms with E-state index in [1.165, 1.54) is 24.3 Å². The summed E-state index contributed by atoms with van der Waals surface area (Å²) in [5.41, 5.74) is 0.393. The summed E-state index contributed by atoms with van der Waals surface area (Å²) in [7, 11) is 0. The van der Waals surface area contributed by atoms with Gasteiger partial charge in [0.2, 0.25) is 5.91 Å². The molecule has 1 aliphatic heterocycles. The molecule has 108 valence electrons. The highest BCUT2D eigenvalue weighted by molar-refractivity contribution is 6.16. The minimum absolute atomic E-state index is 0.00311. The van der Waals surface area contributed by atoms with Crippen molar-refractivity contribution >= 4 is 17.6 Å². The number of urea groups is 1. The fraction of sp³-hybridized carbons (Fsp3) is 0.467. The van der Waals surface area contributed by atoms with Crippen molar-refractivity contribution in [2.45, 2.75) is 27.2 Å². The van der Waals surface area contributed by atoms with Gasteiger partial charge in [-0.25, -0.2) is 14.1 Å². The molecule has 1 aromatic rings. The van der Waals surface area contributed by atoms with E-state index in [0.29, 0.717) is 18.7 Å². The van der Waals surface area contributed by atoms with E-state index in [0.717, 1.165) is 4.90 Å². The van der Waals surface area contributed by atoms with Crippen LogP contribution in [0.5, 0.6) is 0 Å². The number of carbonyl (C=O) groups excluding carboxylic acids is 2. The zero-order valence-electron chi connectivity index (χ0n) is 11.9. The van der Waals surface area contributed by atoms with Gasteiger partial charge >= 0.3 is 6.03 Å². The Bertz CT molecular complexity index is 520. The molecule has 0 saturated carbocycles. The molecule has 5 heteroatoms. The Hall–Kier alpha value is -1.91. The third kappa shape index (κ3) is 3.15. The first-order valence-corrected chi connectivity index (χ1v) is 6.65. The lowest BCUT2D eigenvalue weighted by Gasteiger charge is -2.34. The van der Waals surface area contributed by atoms with Crippen LogP contribution in [0, 0.1) is 17.2 Å². The van der Waals surface area contributed by atoms with Crippen molar-refractivity contribution in [2.24, 2.45) is 11.3 Å². The van der Waals surface area contributed by atoms with Gasteiger partial charge in [-0.1, -0.05) is 20.8 Å². The Morgan fingerprint density at radius 1 is 1.25 bits per heavy atom. The molecule has 20 heavy (non-hydrogen) atoms. The summed E-state index contributed by atoms with van der Waals surface area (Å²) in [5, 5.41) is 2.72. The van der Waals surface area contributed by atoms with Crippen LogP contribution in [0.15, 0.2) is 24.3 Å². The molecule has 0 radical (unpaired) electrons. The zero-order chi connectivity index (χ0) is 14.9. The Morgan fingerprint density at radius 3 is 2.40 bits per heavy atom. The van der Waals surface area contributed by atoms with Crippen LogP contribution in [0.2, 0.25) is 0 Å². The molecule has 0 aliphatic carbocycles. The van der Waals surface area contributed by atoms with Gasteiger partial charge in [0.05, 0.1) is 11.6 Å². The maximum atomic E-state index is 12.9. The second-order valence-corrected chi connectivity index (χ2v) is 6.30. The van der Waals surface area contributed by atoms with Crippen LogP contribution < -0.4 is 10.2 Å². The molecule has 1 saturated heterocycles. The van der Waals surface area contributed by atoms with E-state index in [1.807, 2.05) is 0 Å². The maximum Gasteiger partial charge on any atom is 0.328 e. The third-order valence-electron chi connectivity index (χ3n) is 3.22. The van der Waals surface area contributed by atoms with Crippen LogP contribution in [-0.2, 0) is 4.79 Å². The number of hydrogen-bond acceptors (Lipinski definition) is 2. The van der Waals surface area contributed by atoms with E-state index in [1.54, 1.807) is 0 Å². The van der Waals surface area contributed by atoms with Gasteiger partial charge in [0.15, 0.2) is 0 Å². The Kier molecular flexibility index (Phi) is 3.79. The normalized spacial score (nSPS) is 20.0. The fourth-order valence-corrected chi connectivity index (χ4v) is 2.39. The van der Waals surface area contributed by atoms with Crippen LogP contribution in [0.4, 0.5) is 14.9 Å². The average molecular weight is 278 g/mol. The van der Waals surface area contributed by atoms with Crippen molar-refractivity contribution in [1.29, 1.82) is 0 Å². The van der Waals surface area contributed by atoms with E-state index in [-0.39, 0.29) is 17.2 Å². The molecule has 0 bridgehead atoms. The van der Waals surface area contributed by atoms with Crippen LogP contribution in [0.1, 0.15) is 27.2 Å². The van der Waals surface area contributed by atoms with Gasteiger partial charge in [-0.3, -0.25) is 4.79 Å². The molecule has 0 aromatic heterocycles. The second-order valence-electron chi connectivity index (χ2n) is 6.30. The van der Waals surface area contributed by atoms with E-state index < -0.39 is 11.8 Å². The molecule has 1 atom stereocenters. The lowest BCUT2D eigenvalue weighted by Crippen LogP contribution is -2.55. The van der Waals surface area contributed by atoms with E-state index in [2.05, 4.69) is 26.1 Å². The summed E-state index contributed by atoms with van der Waals surface area (Å²) in [4.78, 5) is 25.5. The van der Waals surface area contributed by atoms with Crippen molar-refractivity contribution in [2.75, 3.05) is 11.4 Å². The number of carbonyl (C=O) groups is 2. The summed E-state index contributed by atoms with van der Waals surface area (Å²) in [6.07, 6.45) is 0.684. The van der Waals surface area contributed by atoms with Gasteiger partial charge in [0.1, 0.15) is 5.82 Å². The minimum atomic E-state index is -0.452. The van der Waals surface area contributed by atoms with Crippen LogP contribution in [0.25, 0.3) is 0 Å². The summed E-state index contributed by atoms with van der Waals surface area (Å²) in [6, 6.07) is 4.90. The fourth-order valence-electron chi connectivity index (χ4n) is 2.39. The summed E-state index contributed by atoms with van der Waals surface area (Å²) in [6.45, 7) is 6.52. The van der Waals surface area contributed by atoms with Gasteiger partial charge in [-0.15, -0.1) is 0 Å². The zero-order valence-corrected chi connectivity index (χ0v) is 11.9. The van der Waals surface area contributed by atoms with Crippen LogP contribution in [0.3, 0.4) is 0 Å². The number of anilines is 1. The Morgan fingerprint density at radius 2 is 1.85 bits per heavy atom. The maximum absolute atomic E-state index is 12.9. The van der Waals surface area contributed by atoms with Crippen molar-refractivity contribution in [3.8, 4) is 0 Å². The molecule has 0 spiro atoms. The summed E-state index contributed by atoms with van der Waals surface area (Å²) >= 11 is 0. The van der Waals surface area contributed by atoms with E-state index in [4.69, 9.17) is 0 Å². The number of imide groups is 1. The average Bonchev–Trinajstić information content (AvgIpc) is 2.34. The van der Waals surface area contributed by atoms with E-state index >= 15 is 0 Å². The van der Waals surface area contributed by atoms with Gasteiger partial charge in [0.25, 0.3) is 0 Å². The third-order valence-corrected chi connectivity index (χ3v) is 3.22. The molecular weight excluding hydrogens is 259 g/mol. The molecule has 1 heterocycles. The van der Waals surface area contributed by atoms with Crippen molar-refractivity contribution in [3.05, 3.63) is 30.1 Å². The quantitative estimate of drug-likeness (QED) is 0.904. The number of benzene rings is 1. The number of nitrogens with one attached hydrogen (secondary N) is 1. The standard InChI is InChI=1S/C15H19FN2O2/c1-15(2,3)8-10-9-17-14(20)18(13(10)19)12-6-4-11(16)5-7-12/h4-7,10H,8-9H2,1-3H3,(H,17,20). The number of amides is 3. The van der Waals surface area contributed by atoms with Gasteiger partial charge < -0.3 is 5.32 Å². The molecule has 1 fully saturated rings. The SMILES string of the molecule is CC(C)(C)CC1CNC(=O)N(c2ccc(F)cc2)C1=O. The highest BCUT2D eigenvalue weighted by Gasteiger charge is 2.37. The van der Waals surface area contributed by atoms with Crippen molar-refractivity contribution in [1.82, 2.24) is 5.32 Å². The molecule has 3 amide bonds. The van der Waals surface area contributed by atoms with Gasteiger partial charge in [0, 0.05) is 6.54 Å². The number of halogens is 1. The smallest absolute Gasteiger partial charge is 0.328 e. The first kappa shape index (κ1) is 14.5. The van der Waals surface area contributed by atoms with Crippen LogP contribution in [-0.4, -0.2) is 18.5 Å². The highest BCUT2D eigenvalue weighted by Crippen LogP contribution is 2.29. The number of rotatable bonds is 2. The Labute approximate surface area is 118 Å². The number of nitrogens with zero attached hydrogens (tertiary/aromatic N) is 1. The van der Waals surface area contributed by atoms with E-state index in [9.17, 15) is 14.0 Å². The lowest BCUT2D eigenvalue weighted by atomic mass is 9.83. The predicted molar refractivity (Wildman–Crippen MR) is 74.8 cm³/mol. The monoisotopic (exact) mass is 278 g/mol. The Balaban J connectivity index is 2.24. The van der Waals surface area contributed by atoms with Crippen molar-refractivity contribution < 1.29 is 14.0 Å². The highest BCUT2D eigenvalue weighted by atomic mass is 19.1.